The van der Waals surface area contributed by atoms with E-state index in [1.807, 2.05) is 4.90 Å². The van der Waals surface area contributed by atoms with Crippen molar-refractivity contribution in [1.82, 2.24) is 4.90 Å². The molecular weight excluding hydrogens is 280 g/mol. The zero-order valence-electron chi connectivity index (χ0n) is 10.9. The van der Waals surface area contributed by atoms with Crippen LogP contribution in [0.5, 0.6) is 0 Å². The summed E-state index contributed by atoms with van der Waals surface area (Å²) in [5.41, 5.74) is 0.347. The predicted octanol–water partition coefficient (Wildman–Crippen LogP) is 2.97. The van der Waals surface area contributed by atoms with Crippen LogP contribution in [0.25, 0.3) is 0 Å². The van der Waals surface area contributed by atoms with Gasteiger partial charge in [-0.2, -0.15) is 0 Å². The number of rotatable bonds is 2. The number of benzene rings is 1. The van der Waals surface area contributed by atoms with Crippen LogP contribution < -0.4 is 0 Å². The molecule has 1 aromatic rings. The molecule has 2 atom stereocenters. The molecule has 3 rings (SSSR count). The number of halogens is 1. The molecule has 2 fully saturated rings. The van der Waals surface area contributed by atoms with E-state index in [0.29, 0.717) is 5.56 Å². The van der Waals surface area contributed by atoms with Gasteiger partial charge in [0.25, 0.3) is 11.6 Å². The monoisotopic (exact) mass is 294 g/mol. The van der Waals surface area contributed by atoms with Gasteiger partial charge in [0.2, 0.25) is 0 Å². The van der Waals surface area contributed by atoms with Gasteiger partial charge in [0.05, 0.1) is 4.92 Å². The lowest BCUT2D eigenvalue weighted by molar-refractivity contribution is -0.384. The molecular formula is C14H15ClN2O3. The van der Waals surface area contributed by atoms with Crippen LogP contribution in [0.3, 0.4) is 0 Å². The summed E-state index contributed by atoms with van der Waals surface area (Å²) in [7, 11) is 0. The summed E-state index contributed by atoms with van der Waals surface area (Å²) >= 11 is 6.20. The third-order valence-electron chi connectivity index (χ3n) is 4.21. The van der Waals surface area contributed by atoms with E-state index in [1.165, 1.54) is 12.1 Å². The first-order chi connectivity index (χ1) is 9.56. The number of nitrogens with zero attached hydrogens (tertiary/aromatic N) is 2. The topological polar surface area (TPSA) is 63.4 Å². The van der Waals surface area contributed by atoms with Crippen LogP contribution in [-0.4, -0.2) is 33.2 Å². The molecule has 0 N–H and O–H groups in total. The van der Waals surface area contributed by atoms with Crippen LogP contribution in [-0.2, 0) is 0 Å². The highest BCUT2D eigenvalue weighted by Crippen LogP contribution is 2.38. The Morgan fingerprint density at radius 1 is 1.30 bits per heavy atom. The highest BCUT2D eigenvalue weighted by Gasteiger charge is 2.42. The first-order valence-corrected chi connectivity index (χ1v) is 7.21. The zero-order valence-corrected chi connectivity index (χ0v) is 11.6. The van der Waals surface area contributed by atoms with Gasteiger partial charge >= 0.3 is 0 Å². The third-order valence-corrected chi connectivity index (χ3v) is 4.57. The van der Waals surface area contributed by atoms with Gasteiger partial charge in [0, 0.05) is 35.2 Å². The normalized spacial score (nSPS) is 28.4. The number of alkyl halides is 1. The van der Waals surface area contributed by atoms with E-state index in [2.05, 4.69) is 0 Å². The van der Waals surface area contributed by atoms with E-state index in [4.69, 9.17) is 11.6 Å². The lowest BCUT2D eigenvalue weighted by Gasteiger charge is -2.37. The van der Waals surface area contributed by atoms with Gasteiger partial charge < -0.3 is 4.90 Å². The molecule has 0 aromatic heterocycles. The third kappa shape index (κ3) is 2.26. The SMILES string of the molecule is O=C(c1cccc([N+](=O)[O-])c1)N1C2CCC1CC(Cl)C2. The molecule has 0 saturated carbocycles. The molecule has 5 nitrogen and oxygen atoms in total. The number of hydrogen-bond donors (Lipinski definition) is 0. The van der Waals surface area contributed by atoms with Crippen molar-refractivity contribution in [2.24, 2.45) is 0 Å². The van der Waals surface area contributed by atoms with E-state index < -0.39 is 4.92 Å². The first kappa shape index (κ1) is 13.4. The summed E-state index contributed by atoms with van der Waals surface area (Å²) in [4.78, 5) is 24.8. The molecule has 0 radical (unpaired) electrons. The summed E-state index contributed by atoms with van der Waals surface area (Å²) in [6, 6.07) is 6.32. The fraction of sp³-hybridized carbons (Fsp3) is 0.500. The van der Waals surface area contributed by atoms with Crippen LogP contribution in [0.1, 0.15) is 36.0 Å². The Kier molecular flexibility index (Phi) is 3.38. The number of carbonyl (C=O) groups is 1. The molecule has 6 heteroatoms. The minimum atomic E-state index is -0.476. The molecule has 2 aliphatic rings. The van der Waals surface area contributed by atoms with Gasteiger partial charge in [-0.15, -0.1) is 11.6 Å². The number of piperidine rings is 1. The van der Waals surface area contributed by atoms with Crippen LogP contribution in [0, 0.1) is 10.1 Å². The zero-order chi connectivity index (χ0) is 14.3. The number of hydrogen-bond acceptors (Lipinski definition) is 3. The van der Waals surface area contributed by atoms with Crippen molar-refractivity contribution in [3.63, 3.8) is 0 Å². The number of non-ortho nitro benzene ring substituents is 1. The minimum Gasteiger partial charge on any atom is -0.333 e. The molecule has 2 unspecified atom stereocenters. The van der Waals surface area contributed by atoms with Crippen LogP contribution >= 0.6 is 11.6 Å². The summed E-state index contributed by atoms with van der Waals surface area (Å²) in [6.07, 6.45) is 3.60. The maximum absolute atomic E-state index is 12.6. The van der Waals surface area contributed by atoms with Crippen molar-refractivity contribution < 1.29 is 9.72 Å². The molecule has 1 amide bonds. The van der Waals surface area contributed by atoms with Gasteiger partial charge in [0.1, 0.15) is 0 Å². The number of fused-ring (bicyclic) bond motifs is 2. The Labute approximate surface area is 121 Å². The quantitative estimate of drug-likeness (QED) is 0.478. The molecule has 2 bridgehead atoms. The van der Waals surface area contributed by atoms with E-state index in [1.54, 1.807) is 12.1 Å². The average Bonchev–Trinajstić information content (AvgIpc) is 2.70. The van der Waals surface area contributed by atoms with E-state index >= 15 is 0 Å². The highest BCUT2D eigenvalue weighted by atomic mass is 35.5. The second kappa shape index (κ2) is 5.05. The van der Waals surface area contributed by atoms with Crippen molar-refractivity contribution in [3.05, 3.63) is 39.9 Å². The predicted molar refractivity (Wildman–Crippen MR) is 75.0 cm³/mol. The summed E-state index contributed by atoms with van der Waals surface area (Å²) in [5.74, 6) is -0.107. The molecule has 1 aromatic carbocycles. The number of nitro benzene ring substituents is 1. The Hall–Kier alpha value is -1.62. The van der Waals surface area contributed by atoms with Crippen molar-refractivity contribution in [1.29, 1.82) is 0 Å². The second-order valence-corrected chi connectivity index (χ2v) is 6.09. The molecule has 0 spiro atoms. The smallest absolute Gasteiger partial charge is 0.270 e. The first-order valence-electron chi connectivity index (χ1n) is 6.77. The summed E-state index contributed by atoms with van der Waals surface area (Å²) in [6.45, 7) is 0. The van der Waals surface area contributed by atoms with E-state index in [0.717, 1.165) is 25.7 Å². The second-order valence-electron chi connectivity index (χ2n) is 5.47. The Morgan fingerprint density at radius 2 is 1.95 bits per heavy atom. The number of nitro groups is 1. The average molecular weight is 295 g/mol. The van der Waals surface area contributed by atoms with Crippen molar-refractivity contribution in [3.8, 4) is 0 Å². The van der Waals surface area contributed by atoms with Gasteiger partial charge in [-0.1, -0.05) is 6.07 Å². The number of amides is 1. The molecule has 106 valence electrons. The number of carbonyl (C=O) groups excluding carboxylic acids is 1. The van der Waals surface area contributed by atoms with E-state index in [-0.39, 0.29) is 29.1 Å². The van der Waals surface area contributed by atoms with Crippen LogP contribution in [0.2, 0.25) is 0 Å². The Balaban J connectivity index is 1.86. The van der Waals surface area contributed by atoms with Crippen molar-refractivity contribution in [2.75, 3.05) is 0 Å². The maximum atomic E-state index is 12.6. The van der Waals surface area contributed by atoms with Crippen molar-refractivity contribution >= 4 is 23.2 Å². The van der Waals surface area contributed by atoms with E-state index in [9.17, 15) is 14.9 Å². The molecule has 2 saturated heterocycles. The standard InChI is InChI=1S/C14H15ClN2O3/c15-10-7-11-4-5-12(8-10)16(11)14(18)9-2-1-3-13(6-9)17(19)20/h1-3,6,10-12H,4-5,7-8H2. The van der Waals surface area contributed by atoms with Gasteiger partial charge in [-0.05, 0) is 31.7 Å². The molecule has 2 heterocycles. The fourth-order valence-electron chi connectivity index (χ4n) is 3.34. The highest BCUT2D eigenvalue weighted by molar-refractivity contribution is 6.20. The van der Waals surface area contributed by atoms with Gasteiger partial charge in [0.15, 0.2) is 0 Å². The fourth-order valence-corrected chi connectivity index (χ4v) is 3.76. The largest absolute Gasteiger partial charge is 0.333 e. The maximum Gasteiger partial charge on any atom is 0.270 e. The van der Waals surface area contributed by atoms with Crippen LogP contribution in [0.4, 0.5) is 5.69 Å². The lowest BCUT2D eigenvalue weighted by atomic mass is 10.0. The Bertz CT molecular complexity index is 549. The summed E-state index contributed by atoms with van der Waals surface area (Å²) in [5, 5.41) is 10.9. The molecule has 0 aliphatic carbocycles. The van der Waals surface area contributed by atoms with Crippen molar-refractivity contribution in [2.45, 2.75) is 43.1 Å². The lowest BCUT2D eigenvalue weighted by Crippen LogP contribution is -2.46. The molecule has 2 aliphatic heterocycles. The minimum absolute atomic E-state index is 0.0459. The van der Waals surface area contributed by atoms with Gasteiger partial charge in [-0.25, -0.2) is 0 Å². The summed E-state index contributed by atoms with van der Waals surface area (Å²) < 4.78 is 0. The molecule has 20 heavy (non-hydrogen) atoms. The van der Waals surface area contributed by atoms with Gasteiger partial charge in [-0.3, -0.25) is 14.9 Å². The van der Waals surface area contributed by atoms with Crippen LogP contribution in [0.15, 0.2) is 24.3 Å². The Morgan fingerprint density at radius 3 is 2.55 bits per heavy atom.